The maximum atomic E-state index is 12.1. The Kier molecular flexibility index (Phi) is 34.1. The maximum Gasteiger partial charge on any atom is 0.306 e. The second-order valence-corrected chi connectivity index (χ2v) is 12.3. The van der Waals surface area contributed by atoms with Gasteiger partial charge >= 0.3 is 11.9 Å². The maximum absolute atomic E-state index is 12.1. The smallest absolute Gasteiger partial charge is 0.306 e. The van der Waals surface area contributed by atoms with Crippen LogP contribution in [0.25, 0.3) is 0 Å². The van der Waals surface area contributed by atoms with E-state index >= 15 is 0 Å². The van der Waals surface area contributed by atoms with Gasteiger partial charge in [0.1, 0.15) is 6.61 Å². The summed E-state index contributed by atoms with van der Waals surface area (Å²) in [7, 11) is 0. The average Bonchev–Trinajstić information content (AvgIpc) is 3.02. The standard InChI is InChI=1S/C39H70O5/c1-3-5-7-9-11-13-15-17-18-19-20-22-23-25-27-29-31-33-38(41)43-36-37(35-40)44-39(42)34-32-30-28-26-24-21-16-14-12-10-8-6-4-2/h8,10,14,16-18,37,40H,3-7,9,11-13,15,19-36H2,1-2H3/b10-8-,16-14-,18-17-. The largest absolute Gasteiger partial charge is 0.462 e. The van der Waals surface area contributed by atoms with Crippen molar-refractivity contribution >= 4 is 11.9 Å². The van der Waals surface area contributed by atoms with Crippen LogP contribution in [0, 0.1) is 0 Å². The van der Waals surface area contributed by atoms with Crippen molar-refractivity contribution in [1.82, 2.24) is 0 Å². The van der Waals surface area contributed by atoms with Gasteiger partial charge in [-0.2, -0.15) is 0 Å². The molecule has 1 atom stereocenters. The molecule has 0 radical (unpaired) electrons. The van der Waals surface area contributed by atoms with Gasteiger partial charge in [-0.15, -0.1) is 0 Å². The molecule has 0 bridgehead atoms. The molecule has 0 aromatic heterocycles. The van der Waals surface area contributed by atoms with Gasteiger partial charge in [0, 0.05) is 12.8 Å². The number of carbonyl (C=O) groups excluding carboxylic acids is 2. The number of unbranched alkanes of at least 4 members (excludes halogenated alkanes) is 19. The Morgan fingerprint density at radius 3 is 1.45 bits per heavy atom. The van der Waals surface area contributed by atoms with Crippen LogP contribution in [0.15, 0.2) is 36.5 Å². The molecule has 0 saturated heterocycles. The summed E-state index contributed by atoms with van der Waals surface area (Å²) in [4.78, 5) is 24.2. The van der Waals surface area contributed by atoms with Crippen LogP contribution < -0.4 is 0 Å². The van der Waals surface area contributed by atoms with E-state index in [1.165, 1.54) is 89.9 Å². The lowest BCUT2D eigenvalue weighted by atomic mass is 10.1. The van der Waals surface area contributed by atoms with Crippen LogP contribution in [0.3, 0.4) is 0 Å². The minimum absolute atomic E-state index is 0.0730. The molecular formula is C39H70O5. The minimum Gasteiger partial charge on any atom is -0.462 e. The Bertz CT molecular complexity index is 711. The SMILES string of the molecule is CCC/C=C\C/C=C\CCCCCCCC(=O)OC(CO)COC(=O)CCCCCCCCC/C=C\CCCCCCCC. The summed E-state index contributed by atoms with van der Waals surface area (Å²) < 4.78 is 10.6. The van der Waals surface area contributed by atoms with Gasteiger partial charge in [-0.3, -0.25) is 9.59 Å². The first-order chi connectivity index (χ1) is 21.6. The van der Waals surface area contributed by atoms with Crippen LogP contribution in [0.4, 0.5) is 0 Å². The van der Waals surface area contributed by atoms with E-state index in [4.69, 9.17) is 9.47 Å². The quantitative estimate of drug-likeness (QED) is 0.0450. The topological polar surface area (TPSA) is 72.8 Å². The number of aliphatic hydroxyl groups excluding tert-OH is 1. The molecule has 0 aliphatic carbocycles. The molecular weight excluding hydrogens is 548 g/mol. The van der Waals surface area contributed by atoms with E-state index in [1.54, 1.807) is 0 Å². The summed E-state index contributed by atoms with van der Waals surface area (Å²) in [6, 6.07) is 0. The van der Waals surface area contributed by atoms with E-state index < -0.39 is 6.10 Å². The van der Waals surface area contributed by atoms with E-state index in [2.05, 4.69) is 50.3 Å². The molecule has 0 aliphatic heterocycles. The fourth-order valence-electron chi connectivity index (χ4n) is 5.06. The van der Waals surface area contributed by atoms with Crippen LogP contribution in [0.5, 0.6) is 0 Å². The fraction of sp³-hybridized carbons (Fsp3) is 0.795. The van der Waals surface area contributed by atoms with E-state index in [0.29, 0.717) is 12.8 Å². The lowest BCUT2D eigenvalue weighted by molar-refractivity contribution is -0.161. The summed E-state index contributed by atoms with van der Waals surface area (Å²) in [5, 5.41) is 9.52. The van der Waals surface area contributed by atoms with Gasteiger partial charge < -0.3 is 14.6 Å². The molecule has 5 heteroatoms. The number of allylic oxidation sites excluding steroid dienone is 6. The van der Waals surface area contributed by atoms with Gasteiger partial charge in [0.25, 0.3) is 0 Å². The van der Waals surface area contributed by atoms with E-state index in [-0.39, 0.29) is 25.2 Å². The Morgan fingerprint density at radius 2 is 0.955 bits per heavy atom. The second-order valence-electron chi connectivity index (χ2n) is 12.3. The third-order valence-corrected chi connectivity index (χ3v) is 7.89. The predicted molar refractivity (Wildman–Crippen MR) is 187 cm³/mol. The molecule has 0 aromatic carbocycles. The van der Waals surface area contributed by atoms with Crippen molar-refractivity contribution in [2.24, 2.45) is 0 Å². The van der Waals surface area contributed by atoms with Crippen molar-refractivity contribution in [3.63, 3.8) is 0 Å². The Morgan fingerprint density at radius 1 is 0.523 bits per heavy atom. The first-order valence-corrected chi connectivity index (χ1v) is 18.5. The van der Waals surface area contributed by atoms with Crippen LogP contribution in [-0.4, -0.2) is 36.4 Å². The molecule has 1 N–H and O–H groups in total. The molecule has 256 valence electrons. The molecule has 0 heterocycles. The molecule has 0 aliphatic rings. The number of aliphatic hydroxyl groups is 1. The predicted octanol–water partition coefficient (Wildman–Crippen LogP) is 11.3. The molecule has 0 rings (SSSR count). The molecule has 0 aromatic rings. The van der Waals surface area contributed by atoms with Gasteiger partial charge in [0.2, 0.25) is 0 Å². The molecule has 0 saturated carbocycles. The van der Waals surface area contributed by atoms with Gasteiger partial charge in [0.05, 0.1) is 6.61 Å². The molecule has 5 nitrogen and oxygen atoms in total. The number of rotatable bonds is 33. The van der Waals surface area contributed by atoms with Crippen molar-refractivity contribution in [2.45, 2.75) is 187 Å². The van der Waals surface area contributed by atoms with E-state index in [9.17, 15) is 14.7 Å². The van der Waals surface area contributed by atoms with Crippen LogP contribution in [-0.2, 0) is 19.1 Å². The Labute approximate surface area is 272 Å². The zero-order valence-corrected chi connectivity index (χ0v) is 28.9. The summed E-state index contributed by atoms with van der Waals surface area (Å²) in [6.07, 6.45) is 42.0. The van der Waals surface area contributed by atoms with Gasteiger partial charge in [-0.1, -0.05) is 140 Å². The van der Waals surface area contributed by atoms with Crippen molar-refractivity contribution in [3.05, 3.63) is 36.5 Å². The lowest BCUT2D eigenvalue weighted by Crippen LogP contribution is -2.28. The summed E-state index contributed by atoms with van der Waals surface area (Å²) in [5.74, 6) is -0.613. The van der Waals surface area contributed by atoms with Crippen molar-refractivity contribution in [2.75, 3.05) is 13.2 Å². The Hall–Kier alpha value is -1.88. The Balaban J connectivity index is 3.58. The highest BCUT2D eigenvalue weighted by Crippen LogP contribution is 2.13. The highest BCUT2D eigenvalue weighted by Gasteiger charge is 2.16. The molecule has 44 heavy (non-hydrogen) atoms. The fourth-order valence-corrected chi connectivity index (χ4v) is 5.06. The average molecular weight is 619 g/mol. The van der Waals surface area contributed by atoms with Gasteiger partial charge in [-0.25, -0.2) is 0 Å². The summed E-state index contributed by atoms with van der Waals surface area (Å²) >= 11 is 0. The highest BCUT2D eigenvalue weighted by molar-refractivity contribution is 5.70. The molecule has 0 spiro atoms. The first kappa shape index (κ1) is 42.1. The van der Waals surface area contributed by atoms with E-state index in [0.717, 1.165) is 64.2 Å². The molecule has 0 fully saturated rings. The van der Waals surface area contributed by atoms with Crippen LogP contribution in [0.2, 0.25) is 0 Å². The normalized spacial score (nSPS) is 12.5. The monoisotopic (exact) mass is 619 g/mol. The highest BCUT2D eigenvalue weighted by atomic mass is 16.6. The van der Waals surface area contributed by atoms with Crippen molar-refractivity contribution in [3.8, 4) is 0 Å². The first-order valence-electron chi connectivity index (χ1n) is 18.5. The molecule has 1 unspecified atom stereocenters. The molecule has 0 amide bonds. The minimum atomic E-state index is -0.777. The number of hydrogen-bond acceptors (Lipinski definition) is 5. The third kappa shape index (κ3) is 33.0. The van der Waals surface area contributed by atoms with Crippen LogP contribution in [0.1, 0.15) is 181 Å². The second kappa shape index (κ2) is 35.6. The number of ether oxygens (including phenoxy) is 2. The van der Waals surface area contributed by atoms with Crippen LogP contribution >= 0.6 is 0 Å². The number of hydrogen-bond donors (Lipinski definition) is 1. The number of esters is 2. The van der Waals surface area contributed by atoms with Crippen molar-refractivity contribution in [1.29, 1.82) is 0 Å². The van der Waals surface area contributed by atoms with Gasteiger partial charge in [-0.05, 0) is 64.2 Å². The zero-order chi connectivity index (χ0) is 32.2. The summed E-state index contributed by atoms with van der Waals surface area (Å²) in [6.45, 7) is 4.04. The number of carbonyl (C=O) groups is 2. The zero-order valence-electron chi connectivity index (χ0n) is 28.9. The summed E-state index contributed by atoms with van der Waals surface area (Å²) in [5.41, 5.74) is 0. The van der Waals surface area contributed by atoms with E-state index in [1.807, 2.05) is 0 Å². The lowest BCUT2D eigenvalue weighted by Gasteiger charge is -2.15. The van der Waals surface area contributed by atoms with Gasteiger partial charge in [0.15, 0.2) is 6.10 Å². The third-order valence-electron chi connectivity index (χ3n) is 7.89. The van der Waals surface area contributed by atoms with Crippen molar-refractivity contribution < 1.29 is 24.2 Å².